The number of nitrogens with zero attached hydrogens (tertiary/aromatic N) is 1. The molecular formula is C11H18FNO. The van der Waals surface area contributed by atoms with Gasteiger partial charge >= 0.3 is 0 Å². The molecule has 2 nitrogen and oxygen atoms in total. The van der Waals surface area contributed by atoms with Gasteiger partial charge in [-0.2, -0.15) is 0 Å². The Balaban J connectivity index is 1.81. The second kappa shape index (κ2) is 3.87. The minimum absolute atomic E-state index is 0.193. The third-order valence-electron chi connectivity index (χ3n) is 3.51. The van der Waals surface area contributed by atoms with E-state index in [2.05, 4.69) is 6.92 Å². The number of carbonyl (C=O) groups is 1. The minimum Gasteiger partial charge on any atom is -0.336 e. The fourth-order valence-electron chi connectivity index (χ4n) is 2.37. The van der Waals surface area contributed by atoms with E-state index >= 15 is 0 Å². The summed E-state index contributed by atoms with van der Waals surface area (Å²) >= 11 is 0. The molecule has 0 spiro atoms. The number of rotatable bonds is 1. The van der Waals surface area contributed by atoms with Crippen LogP contribution >= 0.6 is 0 Å². The van der Waals surface area contributed by atoms with Crippen molar-refractivity contribution in [2.75, 3.05) is 13.1 Å². The van der Waals surface area contributed by atoms with Gasteiger partial charge in [0.15, 0.2) is 0 Å². The molecule has 0 bridgehead atoms. The molecule has 0 radical (unpaired) electrons. The molecule has 80 valence electrons. The van der Waals surface area contributed by atoms with Crippen molar-refractivity contribution >= 4 is 5.91 Å². The van der Waals surface area contributed by atoms with Crippen LogP contribution in [0.5, 0.6) is 0 Å². The molecule has 1 aliphatic heterocycles. The van der Waals surface area contributed by atoms with Gasteiger partial charge in [0.2, 0.25) is 5.91 Å². The molecule has 3 heteroatoms. The zero-order valence-corrected chi connectivity index (χ0v) is 8.71. The van der Waals surface area contributed by atoms with Crippen molar-refractivity contribution in [3.8, 4) is 0 Å². The van der Waals surface area contributed by atoms with Crippen LogP contribution in [0, 0.1) is 11.8 Å². The van der Waals surface area contributed by atoms with E-state index < -0.39 is 6.17 Å². The van der Waals surface area contributed by atoms with Gasteiger partial charge in [-0.25, -0.2) is 4.39 Å². The molecule has 2 aliphatic rings. The molecule has 1 saturated carbocycles. The molecule has 0 N–H and O–H groups in total. The summed E-state index contributed by atoms with van der Waals surface area (Å²) in [4.78, 5) is 13.5. The van der Waals surface area contributed by atoms with Gasteiger partial charge in [-0.3, -0.25) is 4.79 Å². The summed E-state index contributed by atoms with van der Waals surface area (Å²) in [6.07, 6.45) is 3.56. The van der Waals surface area contributed by atoms with Crippen molar-refractivity contribution in [3.05, 3.63) is 0 Å². The van der Waals surface area contributed by atoms with Gasteiger partial charge in [0.25, 0.3) is 0 Å². The van der Waals surface area contributed by atoms with Crippen LogP contribution in [-0.4, -0.2) is 30.1 Å². The van der Waals surface area contributed by atoms with Crippen LogP contribution < -0.4 is 0 Å². The molecular weight excluding hydrogens is 181 g/mol. The van der Waals surface area contributed by atoms with Gasteiger partial charge in [0, 0.05) is 5.92 Å². The average molecular weight is 199 g/mol. The number of hydrogen-bond donors (Lipinski definition) is 0. The summed E-state index contributed by atoms with van der Waals surface area (Å²) in [5, 5.41) is 0. The van der Waals surface area contributed by atoms with E-state index in [9.17, 15) is 9.18 Å². The Kier molecular flexibility index (Phi) is 2.75. The smallest absolute Gasteiger partial charge is 0.225 e. The first-order valence-electron chi connectivity index (χ1n) is 5.59. The van der Waals surface area contributed by atoms with Crippen LogP contribution in [0.4, 0.5) is 4.39 Å². The fraction of sp³-hybridized carbons (Fsp3) is 0.909. The van der Waals surface area contributed by atoms with Crippen molar-refractivity contribution in [1.29, 1.82) is 0 Å². The SMILES string of the molecule is CC1CCC(C(=O)N2CC(F)C2)CC1. The first-order valence-corrected chi connectivity index (χ1v) is 5.59. The molecule has 0 aromatic carbocycles. The molecule has 1 amide bonds. The Hall–Kier alpha value is -0.600. The monoisotopic (exact) mass is 199 g/mol. The van der Waals surface area contributed by atoms with E-state index in [0.29, 0.717) is 13.1 Å². The summed E-state index contributed by atoms with van der Waals surface area (Å²) in [5.74, 6) is 1.16. The summed E-state index contributed by atoms with van der Waals surface area (Å²) in [5.41, 5.74) is 0. The fourth-order valence-corrected chi connectivity index (χ4v) is 2.37. The maximum Gasteiger partial charge on any atom is 0.225 e. The van der Waals surface area contributed by atoms with Gasteiger partial charge in [0.1, 0.15) is 6.17 Å². The molecule has 0 aromatic rings. The maximum absolute atomic E-state index is 12.6. The van der Waals surface area contributed by atoms with Gasteiger partial charge in [-0.05, 0) is 31.6 Å². The van der Waals surface area contributed by atoms with Crippen molar-refractivity contribution < 1.29 is 9.18 Å². The standard InChI is InChI=1S/C11H18FNO/c1-8-2-4-9(5-3-8)11(14)13-6-10(12)7-13/h8-10H,2-7H2,1H3. The predicted octanol–water partition coefficient (Wildman–Crippen LogP) is 1.99. The largest absolute Gasteiger partial charge is 0.336 e. The van der Waals surface area contributed by atoms with Crippen LogP contribution in [0.25, 0.3) is 0 Å². The molecule has 1 aliphatic carbocycles. The number of hydrogen-bond acceptors (Lipinski definition) is 1. The normalized spacial score (nSPS) is 34.0. The quantitative estimate of drug-likeness (QED) is 0.632. The van der Waals surface area contributed by atoms with E-state index in [4.69, 9.17) is 0 Å². The van der Waals surface area contributed by atoms with Crippen LogP contribution in [0.3, 0.4) is 0 Å². The summed E-state index contributed by atoms with van der Waals surface area (Å²) in [6.45, 7) is 2.91. The summed E-state index contributed by atoms with van der Waals surface area (Å²) in [6, 6.07) is 0. The van der Waals surface area contributed by atoms with Gasteiger partial charge < -0.3 is 4.90 Å². The zero-order chi connectivity index (χ0) is 10.1. The molecule has 0 unspecified atom stereocenters. The lowest BCUT2D eigenvalue weighted by atomic mass is 9.82. The molecule has 2 rings (SSSR count). The van der Waals surface area contributed by atoms with E-state index in [1.54, 1.807) is 4.90 Å². The highest BCUT2D eigenvalue weighted by Crippen LogP contribution is 2.30. The number of carbonyl (C=O) groups excluding carboxylic acids is 1. The predicted molar refractivity (Wildman–Crippen MR) is 52.6 cm³/mol. The first kappa shape index (κ1) is 9.94. The van der Waals surface area contributed by atoms with Crippen molar-refractivity contribution in [1.82, 2.24) is 4.90 Å². The lowest BCUT2D eigenvalue weighted by Crippen LogP contribution is -2.53. The maximum atomic E-state index is 12.6. The minimum atomic E-state index is -0.763. The highest BCUT2D eigenvalue weighted by Gasteiger charge is 2.35. The van der Waals surface area contributed by atoms with Crippen LogP contribution in [0.1, 0.15) is 32.6 Å². The second-order valence-corrected chi connectivity index (χ2v) is 4.80. The summed E-state index contributed by atoms with van der Waals surface area (Å²) < 4.78 is 12.6. The van der Waals surface area contributed by atoms with Crippen LogP contribution in [0.2, 0.25) is 0 Å². The Morgan fingerprint density at radius 1 is 1.21 bits per heavy atom. The molecule has 14 heavy (non-hydrogen) atoms. The number of halogens is 1. The molecule has 0 aromatic heterocycles. The van der Waals surface area contributed by atoms with E-state index in [1.165, 1.54) is 0 Å². The molecule has 1 saturated heterocycles. The van der Waals surface area contributed by atoms with Gasteiger partial charge in [-0.1, -0.05) is 6.92 Å². The van der Waals surface area contributed by atoms with E-state index in [1.807, 2.05) is 0 Å². The van der Waals surface area contributed by atoms with Gasteiger partial charge in [0.05, 0.1) is 13.1 Å². The Bertz CT molecular complexity index is 217. The lowest BCUT2D eigenvalue weighted by Gasteiger charge is -2.38. The lowest BCUT2D eigenvalue weighted by molar-refractivity contribution is -0.144. The topological polar surface area (TPSA) is 20.3 Å². The number of amides is 1. The third kappa shape index (κ3) is 1.91. The highest BCUT2D eigenvalue weighted by atomic mass is 19.1. The van der Waals surface area contributed by atoms with Crippen molar-refractivity contribution in [3.63, 3.8) is 0 Å². The molecule has 1 heterocycles. The first-order chi connectivity index (χ1) is 6.66. The van der Waals surface area contributed by atoms with E-state index in [0.717, 1.165) is 31.6 Å². The van der Waals surface area contributed by atoms with E-state index in [-0.39, 0.29) is 11.8 Å². The second-order valence-electron chi connectivity index (χ2n) is 4.80. The number of alkyl halides is 1. The number of likely N-dealkylation sites (tertiary alicyclic amines) is 1. The van der Waals surface area contributed by atoms with Crippen molar-refractivity contribution in [2.45, 2.75) is 38.8 Å². The van der Waals surface area contributed by atoms with Crippen LogP contribution in [-0.2, 0) is 4.79 Å². The van der Waals surface area contributed by atoms with Gasteiger partial charge in [-0.15, -0.1) is 0 Å². The van der Waals surface area contributed by atoms with Crippen molar-refractivity contribution in [2.24, 2.45) is 11.8 Å². The highest BCUT2D eigenvalue weighted by molar-refractivity contribution is 5.79. The Labute approximate surface area is 84.5 Å². The average Bonchev–Trinajstić information content (AvgIpc) is 2.13. The summed E-state index contributed by atoms with van der Waals surface area (Å²) in [7, 11) is 0. The third-order valence-corrected chi connectivity index (χ3v) is 3.51. The van der Waals surface area contributed by atoms with Crippen LogP contribution in [0.15, 0.2) is 0 Å². The molecule has 2 fully saturated rings. The Morgan fingerprint density at radius 3 is 2.29 bits per heavy atom. The zero-order valence-electron chi connectivity index (χ0n) is 8.71. The Morgan fingerprint density at radius 2 is 1.79 bits per heavy atom. The molecule has 0 atom stereocenters.